The summed E-state index contributed by atoms with van der Waals surface area (Å²) >= 11 is 0. The number of carboxylic acids is 1. The van der Waals surface area contributed by atoms with Gasteiger partial charge in [-0.05, 0) is 68.3 Å². The lowest BCUT2D eigenvalue weighted by Crippen LogP contribution is -2.27. The molecule has 0 aliphatic rings. The Labute approximate surface area is 204 Å². The molecule has 0 saturated heterocycles. The number of ether oxygens (including phenoxy) is 1. The first-order valence-electron chi connectivity index (χ1n) is 10.9. The summed E-state index contributed by atoms with van der Waals surface area (Å²) in [5.41, 5.74) is 9.77. The van der Waals surface area contributed by atoms with E-state index < -0.39 is 17.7 Å². The van der Waals surface area contributed by atoms with Crippen molar-refractivity contribution < 1.29 is 19.4 Å². The number of nitrogens with one attached hydrogen (secondary N) is 1. The third kappa shape index (κ3) is 7.46. The van der Waals surface area contributed by atoms with Crippen molar-refractivity contribution in [2.75, 3.05) is 11.1 Å². The molecule has 0 bridgehead atoms. The highest BCUT2D eigenvalue weighted by Crippen LogP contribution is 2.27. The average Bonchev–Trinajstić information content (AvgIpc) is 3.35. The highest BCUT2D eigenvalue weighted by Gasteiger charge is 2.17. The molecular weight excluding hydrogens is 444 g/mol. The van der Waals surface area contributed by atoms with Gasteiger partial charge in [-0.25, -0.2) is 14.6 Å². The minimum atomic E-state index is -0.915. The van der Waals surface area contributed by atoms with E-state index in [2.05, 4.69) is 10.3 Å². The summed E-state index contributed by atoms with van der Waals surface area (Å²) in [6.45, 7) is 5.44. The predicted octanol–water partition coefficient (Wildman–Crippen LogP) is 5.85. The molecule has 8 nitrogen and oxygen atoms in total. The molecule has 0 spiro atoms. The Hall–Kier alpha value is -4.59. The monoisotopic (exact) mass is 472 g/mol. The normalized spacial score (nSPS) is 10.6. The van der Waals surface area contributed by atoms with Crippen LogP contribution in [0.4, 0.5) is 16.2 Å². The van der Waals surface area contributed by atoms with E-state index in [-0.39, 0.29) is 5.56 Å². The summed E-state index contributed by atoms with van der Waals surface area (Å²) in [6, 6.07) is 22.1. The Morgan fingerprint density at radius 1 is 0.971 bits per heavy atom. The van der Waals surface area contributed by atoms with Crippen molar-refractivity contribution in [2.45, 2.75) is 26.4 Å². The van der Waals surface area contributed by atoms with Crippen molar-refractivity contribution in [1.29, 1.82) is 0 Å². The van der Waals surface area contributed by atoms with Crippen molar-refractivity contribution in [1.82, 2.24) is 9.55 Å². The van der Waals surface area contributed by atoms with Crippen molar-refractivity contribution >= 4 is 23.4 Å². The van der Waals surface area contributed by atoms with Crippen LogP contribution in [-0.4, -0.2) is 32.3 Å². The lowest BCUT2D eigenvalue weighted by Gasteiger charge is -2.20. The smallest absolute Gasteiger partial charge is 0.412 e. The maximum Gasteiger partial charge on any atom is 0.412 e. The number of nitrogen functional groups attached to an aromatic ring is 1. The van der Waals surface area contributed by atoms with Gasteiger partial charge >= 0.3 is 12.1 Å². The number of nitrogens with two attached hydrogens (primary N) is 1. The molecule has 0 saturated carbocycles. The number of amides is 1. The molecule has 0 fully saturated rings. The number of imidazole rings is 1. The number of aromatic nitrogens is 2. The first-order valence-corrected chi connectivity index (χ1v) is 10.9. The van der Waals surface area contributed by atoms with Crippen LogP contribution in [0.15, 0.2) is 91.5 Å². The fraction of sp³-hybridized carbons (Fsp3) is 0.148. The summed E-state index contributed by atoms with van der Waals surface area (Å²) in [5, 5.41) is 11.3. The molecule has 0 aliphatic heterocycles. The summed E-state index contributed by atoms with van der Waals surface area (Å²) < 4.78 is 7.02. The maximum atomic E-state index is 11.7. The Morgan fingerprint density at radius 2 is 1.66 bits per heavy atom. The molecule has 4 rings (SSSR count). The second-order valence-electron chi connectivity index (χ2n) is 8.62. The van der Waals surface area contributed by atoms with Gasteiger partial charge in [0.2, 0.25) is 0 Å². The van der Waals surface area contributed by atoms with Gasteiger partial charge in [0.1, 0.15) is 5.60 Å². The van der Waals surface area contributed by atoms with Gasteiger partial charge in [0.15, 0.2) is 0 Å². The minimum Gasteiger partial charge on any atom is -0.478 e. The van der Waals surface area contributed by atoms with Gasteiger partial charge < -0.3 is 20.1 Å². The molecule has 3 aromatic carbocycles. The third-order valence-corrected chi connectivity index (χ3v) is 4.71. The van der Waals surface area contributed by atoms with Crippen LogP contribution in [0.25, 0.3) is 16.8 Å². The highest BCUT2D eigenvalue weighted by molar-refractivity contribution is 5.90. The Morgan fingerprint density at radius 3 is 2.20 bits per heavy atom. The van der Waals surface area contributed by atoms with Crippen LogP contribution in [0, 0.1) is 0 Å². The molecule has 4 N–H and O–H groups in total. The van der Waals surface area contributed by atoms with Crippen LogP contribution < -0.4 is 11.1 Å². The van der Waals surface area contributed by atoms with Gasteiger partial charge in [-0.1, -0.05) is 36.4 Å². The van der Waals surface area contributed by atoms with Crippen LogP contribution in [0.1, 0.15) is 31.1 Å². The summed E-state index contributed by atoms with van der Waals surface area (Å²) in [6.07, 6.45) is 4.62. The zero-order chi connectivity index (χ0) is 25.4. The number of hydrogen-bond donors (Lipinski definition) is 3. The van der Waals surface area contributed by atoms with Crippen molar-refractivity contribution in [3.8, 4) is 16.8 Å². The van der Waals surface area contributed by atoms with Crippen molar-refractivity contribution in [3.63, 3.8) is 0 Å². The number of hydrogen-bond acceptors (Lipinski definition) is 5. The Balaban J connectivity index is 0.000000211. The van der Waals surface area contributed by atoms with Gasteiger partial charge in [-0.3, -0.25) is 5.32 Å². The number of benzene rings is 3. The first kappa shape index (κ1) is 25.0. The van der Waals surface area contributed by atoms with Gasteiger partial charge in [0, 0.05) is 18.1 Å². The predicted molar refractivity (Wildman–Crippen MR) is 137 cm³/mol. The lowest BCUT2D eigenvalue weighted by atomic mass is 10.0. The van der Waals surface area contributed by atoms with E-state index in [1.54, 1.807) is 49.1 Å². The SMILES string of the molecule is CC(C)(C)OC(=O)Nc1ccc(-c2ccccc2)cc1N.O=C(O)c1ccc(-n2ccnc2)cc1. The second-order valence-corrected chi connectivity index (χ2v) is 8.62. The van der Waals surface area contributed by atoms with Crippen molar-refractivity contribution in [3.05, 3.63) is 97.1 Å². The maximum absolute atomic E-state index is 11.7. The van der Waals surface area contributed by atoms with Gasteiger partial charge in [-0.15, -0.1) is 0 Å². The fourth-order valence-electron chi connectivity index (χ4n) is 3.09. The van der Waals surface area contributed by atoms with Gasteiger partial charge in [0.05, 0.1) is 23.3 Å². The van der Waals surface area contributed by atoms with Crippen LogP contribution in [0.2, 0.25) is 0 Å². The largest absolute Gasteiger partial charge is 0.478 e. The zero-order valence-electron chi connectivity index (χ0n) is 19.8. The van der Waals surface area contributed by atoms with E-state index in [0.29, 0.717) is 11.4 Å². The topological polar surface area (TPSA) is 119 Å². The summed E-state index contributed by atoms with van der Waals surface area (Å²) in [4.78, 5) is 26.2. The number of aromatic carboxylic acids is 1. The second kappa shape index (κ2) is 11.0. The number of rotatable bonds is 4. The van der Waals surface area contributed by atoms with E-state index in [9.17, 15) is 9.59 Å². The quantitative estimate of drug-likeness (QED) is 0.320. The summed E-state index contributed by atoms with van der Waals surface area (Å²) in [7, 11) is 0. The molecule has 0 radical (unpaired) electrons. The van der Waals surface area contributed by atoms with E-state index >= 15 is 0 Å². The van der Waals surface area contributed by atoms with E-state index in [0.717, 1.165) is 16.8 Å². The average molecular weight is 473 g/mol. The van der Waals surface area contributed by atoms with Crippen LogP contribution in [0.3, 0.4) is 0 Å². The standard InChI is InChI=1S/C17H20N2O2.C10H8N2O2/c1-17(2,3)21-16(20)19-15-10-9-13(11-14(15)18)12-7-5-4-6-8-12;13-10(14)8-1-3-9(4-2-8)12-6-5-11-7-12/h4-11H,18H2,1-3H3,(H,19,20);1-7H,(H,13,14). The van der Waals surface area contributed by atoms with Gasteiger partial charge in [0.25, 0.3) is 0 Å². The molecular formula is C27H28N4O4. The van der Waals surface area contributed by atoms with Crippen molar-refractivity contribution in [2.24, 2.45) is 0 Å². The first-order chi connectivity index (χ1) is 16.6. The summed E-state index contributed by atoms with van der Waals surface area (Å²) in [5.74, 6) is -0.915. The van der Waals surface area contributed by atoms with E-state index in [1.807, 2.05) is 67.8 Å². The molecule has 35 heavy (non-hydrogen) atoms. The van der Waals surface area contributed by atoms with Crippen LogP contribution >= 0.6 is 0 Å². The Kier molecular flexibility index (Phi) is 7.88. The number of nitrogens with zero attached hydrogens (tertiary/aromatic N) is 2. The van der Waals surface area contributed by atoms with Gasteiger partial charge in [-0.2, -0.15) is 0 Å². The molecule has 8 heteroatoms. The van der Waals surface area contributed by atoms with E-state index in [4.69, 9.17) is 15.6 Å². The van der Waals surface area contributed by atoms with E-state index in [1.165, 1.54) is 0 Å². The van der Waals surface area contributed by atoms with Crippen LogP contribution in [-0.2, 0) is 4.74 Å². The zero-order valence-corrected chi connectivity index (χ0v) is 19.8. The highest BCUT2D eigenvalue weighted by atomic mass is 16.6. The minimum absolute atomic E-state index is 0.286. The molecule has 0 unspecified atom stereocenters. The lowest BCUT2D eigenvalue weighted by molar-refractivity contribution is 0.0634. The number of anilines is 2. The molecule has 0 aliphatic carbocycles. The number of carbonyl (C=O) groups excluding carboxylic acids is 1. The van der Waals surface area contributed by atoms with Crippen LogP contribution in [0.5, 0.6) is 0 Å². The Bertz CT molecular complexity index is 1260. The number of carboxylic acid groups (broad SMARTS) is 1. The molecule has 1 heterocycles. The molecule has 0 atom stereocenters. The molecule has 4 aromatic rings. The molecule has 180 valence electrons. The third-order valence-electron chi connectivity index (χ3n) is 4.71. The number of carbonyl (C=O) groups is 2. The fourth-order valence-corrected chi connectivity index (χ4v) is 3.09. The molecule has 1 amide bonds. The molecule has 1 aromatic heterocycles.